The fourth-order valence-electron chi connectivity index (χ4n) is 5.02. The second-order valence-corrected chi connectivity index (χ2v) is 14.1. The Morgan fingerprint density at radius 2 is 1.74 bits per heavy atom. The van der Waals surface area contributed by atoms with Gasteiger partial charge in [0.2, 0.25) is 15.9 Å². The molecule has 1 aliphatic carbocycles. The van der Waals surface area contributed by atoms with Crippen LogP contribution in [-0.2, 0) is 14.8 Å². The minimum atomic E-state index is -3.80. The number of hydrogen-bond donors (Lipinski definition) is 3. The summed E-state index contributed by atoms with van der Waals surface area (Å²) in [4.78, 5) is 26.7. The highest BCUT2D eigenvalue weighted by Gasteiger charge is 2.31. The number of benzene rings is 2. The summed E-state index contributed by atoms with van der Waals surface area (Å²) in [6.07, 6.45) is 3.21. The molecule has 11 heteroatoms. The molecule has 4 rings (SSSR count). The zero-order valence-electron chi connectivity index (χ0n) is 21.9. The summed E-state index contributed by atoms with van der Waals surface area (Å²) < 4.78 is 29.3. The molecular formula is C28H33Cl2N3O4S2. The van der Waals surface area contributed by atoms with Crippen LogP contribution in [0.1, 0.15) is 49.2 Å². The first-order valence-electron chi connectivity index (χ1n) is 13.1. The quantitative estimate of drug-likeness (QED) is 0.253. The second kappa shape index (κ2) is 13.0. The summed E-state index contributed by atoms with van der Waals surface area (Å²) in [5.41, 5.74) is 0. The van der Waals surface area contributed by atoms with Crippen LogP contribution in [0.25, 0.3) is 10.1 Å². The third-order valence-corrected chi connectivity index (χ3v) is 10.3. The maximum absolute atomic E-state index is 13.2. The fourth-order valence-corrected chi connectivity index (χ4v) is 7.85. The van der Waals surface area contributed by atoms with E-state index in [2.05, 4.69) is 15.4 Å². The number of thiophene rings is 1. The highest BCUT2D eigenvalue weighted by molar-refractivity contribution is 7.89. The molecule has 1 aromatic heterocycles. The predicted molar refractivity (Wildman–Crippen MR) is 158 cm³/mol. The number of carbonyl (C=O) groups is 2. The van der Waals surface area contributed by atoms with E-state index in [1.807, 2.05) is 44.2 Å². The van der Waals surface area contributed by atoms with Crippen molar-refractivity contribution in [1.29, 1.82) is 0 Å². The zero-order valence-corrected chi connectivity index (χ0v) is 25.0. The van der Waals surface area contributed by atoms with E-state index < -0.39 is 16.1 Å². The van der Waals surface area contributed by atoms with Crippen molar-refractivity contribution in [3.8, 4) is 0 Å². The van der Waals surface area contributed by atoms with Gasteiger partial charge in [-0.1, -0.05) is 61.7 Å². The van der Waals surface area contributed by atoms with Crippen LogP contribution in [0.3, 0.4) is 0 Å². The van der Waals surface area contributed by atoms with E-state index >= 15 is 0 Å². The van der Waals surface area contributed by atoms with Crippen LogP contribution in [0.4, 0.5) is 0 Å². The van der Waals surface area contributed by atoms with Crippen molar-refractivity contribution in [2.45, 2.75) is 50.5 Å². The second-order valence-electron chi connectivity index (χ2n) is 10.4. The lowest BCUT2D eigenvalue weighted by atomic mass is 9.96. The molecule has 0 aliphatic heterocycles. The Morgan fingerprint density at radius 3 is 2.44 bits per heavy atom. The molecule has 7 nitrogen and oxygen atoms in total. The molecule has 0 radical (unpaired) electrons. The van der Waals surface area contributed by atoms with Gasteiger partial charge < -0.3 is 10.6 Å². The van der Waals surface area contributed by atoms with Gasteiger partial charge in [-0.2, -0.15) is 0 Å². The lowest BCUT2D eigenvalue weighted by Crippen LogP contribution is -2.48. The molecule has 0 bridgehead atoms. The van der Waals surface area contributed by atoms with E-state index in [4.69, 9.17) is 23.2 Å². The number of nitrogens with one attached hydrogen (secondary N) is 3. The fraction of sp³-hybridized carbons (Fsp3) is 0.429. The Morgan fingerprint density at radius 1 is 1.03 bits per heavy atom. The van der Waals surface area contributed by atoms with Gasteiger partial charge in [0.15, 0.2) is 0 Å². The molecule has 1 heterocycles. The molecule has 3 atom stereocenters. The van der Waals surface area contributed by atoms with Gasteiger partial charge in [-0.3, -0.25) is 9.59 Å². The van der Waals surface area contributed by atoms with Gasteiger partial charge >= 0.3 is 0 Å². The topological polar surface area (TPSA) is 104 Å². The average Bonchev–Trinajstić information content (AvgIpc) is 3.52. The molecule has 39 heavy (non-hydrogen) atoms. The summed E-state index contributed by atoms with van der Waals surface area (Å²) in [5.74, 6) is -0.0849. The number of rotatable bonds is 11. The van der Waals surface area contributed by atoms with Crippen LogP contribution >= 0.6 is 34.5 Å². The molecule has 1 aliphatic rings. The maximum Gasteiger partial charge on any atom is 0.262 e. The number of fused-ring (bicyclic) bond motifs is 1. The molecule has 2 aromatic carbocycles. The lowest BCUT2D eigenvalue weighted by molar-refractivity contribution is -0.123. The van der Waals surface area contributed by atoms with E-state index in [9.17, 15) is 18.0 Å². The number of carbonyl (C=O) groups excluding carboxylic acids is 2. The van der Waals surface area contributed by atoms with Gasteiger partial charge in [0.1, 0.15) is 10.9 Å². The van der Waals surface area contributed by atoms with Gasteiger partial charge in [-0.15, -0.1) is 11.3 Å². The molecule has 1 fully saturated rings. The van der Waals surface area contributed by atoms with Crippen LogP contribution in [0.2, 0.25) is 10.0 Å². The highest BCUT2D eigenvalue weighted by Crippen LogP contribution is 2.32. The van der Waals surface area contributed by atoms with Crippen molar-refractivity contribution < 1.29 is 18.0 Å². The minimum absolute atomic E-state index is 0.0117. The SMILES string of the molecule is CC(C)C[C@H](NC(=O)c1cc2ccccc2s1)C(=O)NC[C@H]1CCC[C@@H]1CNS(=O)(=O)c1ccc(Cl)cc1Cl. The third kappa shape index (κ3) is 7.73. The van der Waals surface area contributed by atoms with E-state index in [-0.39, 0.29) is 46.0 Å². The third-order valence-electron chi connectivity index (χ3n) is 7.05. The van der Waals surface area contributed by atoms with Crippen molar-refractivity contribution in [3.05, 3.63) is 63.5 Å². The van der Waals surface area contributed by atoms with E-state index in [1.165, 1.54) is 29.5 Å². The Bertz CT molecular complexity index is 1410. The Labute approximate surface area is 243 Å². The van der Waals surface area contributed by atoms with Gasteiger partial charge in [0, 0.05) is 22.8 Å². The van der Waals surface area contributed by atoms with Crippen molar-refractivity contribution in [2.75, 3.05) is 13.1 Å². The normalized spacial score (nSPS) is 18.4. The molecule has 0 saturated heterocycles. The first-order valence-corrected chi connectivity index (χ1v) is 16.1. The molecule has 210 valence electrons. The van der Waals surface area contributed by atoms with Crippen molar-refractivity contribution in [2.24, 2.45) is 17.8 Å². The molecular weight excluding hydrogens is 577 g/mol. The van der Waals surface area contributed by atoms with Crippen molar-refractivity contribution >= 4 is 66.5 Å². The largest absolute Gasteiger partial charge is 0.354 e. The van der Waals surface area contributed by atoms with Crippen molar-refractivity contribution in [1.82, 2.24) is 15.4 Å². The van der Waals surface area contributed by atoms with Gasteiger partial charge in [0.25, 0.3) is 5.91 Å². The van der Waals surface area contributed by atoms with Crippen LogP contribution in [-0.4, -0.2) is 39.4 Å². The van der Waals surface area contributed by atoms with E-state index in [1.54, 1.807) is 0 Å². The van der Waals surface area contributed by atoms with Gasteiger partial charge in [-0.05, 0) is 72.7 Å². The lowest BCUT2D eigenvalue weighted by Gasteiger charge is -2.24. The smallest absolute Gasteiger partial charge is 0.262 e. The summed E-state index contributed by atoms with van der Waals surface area (Å²) >= 11 is 13.4. The van der Waals surface area contributed by atoms with Gasteiger partial charge in [0.05, 0.1) is 9.90 Å². The summed E-state index contributed by atoms with van der Waals surface area (Å²) in [6.45, 7) is 4.69. The van der Waals surface area contributed by atoms with E-state index in [0.717, 1.165) is 29.3 Å². The van der Waals surface area contributed by atoms with Crippen molar-refractivity contribution in [3.63, 3.8) is 0 Å². The molecule has 3 N–H and O–H groups in total. The summed E-state index contributed by atoms with van der Waals surface area (Å²) in [7, 11) is -3.80. The molecule has 1 saturated carbocycles. The van der Waals surface area contributed by atoms with Gasteiger partial charge in [-0.25, -0.2) is 13.1 Å². The number of halogens is 2. The molecule has 0 unspecified atom stereocenters. The Hall–Kier alpha value is -2.17. The predicted octanol–water partition coefficient (Wildman–Crippen LogP) is 5.86. The molecule has 0 spiro atoms. The molecule has 3 aromatic rings. The summed E-state index contributed by atoms with van der Waals surface area (Å²) in [6, 6.07) is 13.3. The van der Waals surface area contributed by atoms with Crippen LogP contribution in [0, 0.1) is 17.8 Å². The average molecular weight is 611 g/mol. The standard InChI is InChI=1S/C28H33Cl2N3O4S2/c1-17(2)12-23(33-28(35)25-13-18-6-3-4-9-24(18)38-25)27(34)31-15-19-7-5-8-20(19)16-32-39(36,37)26-11-10-21(29)14-22(26)30/h3-4,6,9-11,13-14,17,19-20,23,32H,5,7-8,12,15-16H2,1-2H3,(H,31,34)(H,33,35)/t19-,20-,23+/m1/s1. The first-order chi connectivity index (χ1) is 18.5. The summed E-state index contributed by atoms with van der Waals surface area (Å²) in [5, 5.41) is 7.38. The zero-order chi connectivity index (χ0) is 28.2. The van der Waals surface area contributed by atoms with Crippen LogP contribution in [0.5, 0.6) is 0 Å². The maximum atomic E-state index is 13.2. The Kier molecular flexibility index (Phi) is 9.93. The number of sulfonamides is 1. The highest BCUT2D eigenvalue weighted by atomic mass is 35.5. The number of hydrogen-bond acceptors (Lipinski definition) is 5. The molecule has 2 amide bonds. The monoisotopic (exact) mass is 609 g/mol. The minimum Gasteiger partial charge on any atom is -0.354 e. The van der Waals surface area contributed by atoms with Crippen LogP contribution < -0.4 is 15.4 Å². The Balaban J connectivity index is 1.34. The van der Waals surface area contributed by atoms with E-state index in [0.29, 0.717) is 22.9 Å². The first kappa shape index (κ1) is 29.8. The van der Waals surface area contributed by atoms with Crippen LogP contribution in [0.15, 0.2) is 53.4 Å². The number of amides is 2.